The summed E-state index contributed by atoms with van der Waals surface area (Å²) in [4.78, 5) is 42.7. The molecular formula is C25H29N3O3. The van der Waals surface area contributed by atoms with Crippen molar-refractivity contribution in [3.63, 3.8) is 0 Å². The molecular weight excluding hydrogens is 390 g/mol. The molecule has 2 heterocycles. The van der Waals surface area contributed by atoms with Crippen LogP contribution >= 0.6 is 0 Å². The molecule has 162 valence electrons. The number of likely N-dealkylation sites (tertiary alicyclic amines) is 1. The van der Waals surface area contributed by atoms with Crippen LogP contribution in [0.15, 0.2) is 60.7 Å². The summed E-state index contributed by atoms with van der Waals surface area (Å²) >= 11 is 0. The van der Waals surface area contributed by atoms with Crippen molar-refractivity contribution < 1.29 is 14.4 Å². The quantitative estimate of drug-likeness (QED) is 0.676. The third-order valence-corrected chi connectivity index (χ3v) is 6.27. The number of piperidine rings is 1. The van der Waals surface area contributed by atoms with Crippen molar-refractivity contribution in [2.75, 3.05) is 32.7 Å². The fourth-order valence-corrected chi connectivity index (χ4v) is 4.42. The molecule has 6 nitrogen and oxygen atoms in total. The maximum Gasteiger partial charge on any atom is 0.312 e. The van der Waals surface area contributed by atoms with Crippen LogP contribution in [0.5, 0.6) is 0 Å². The van der Waals surface area contributed by atoms with E-state index in [1.165, 1.54) is 10.5 Å². The largest absolute Gasteiger partial charge is 0.341 e. The topological polar surface area (TPSA) is 60.9 Å². The van der Waals surface area contributed by atoms with Crippen molar-refractivity contribution in [1.82, 2.24) is 14.7 Å². The average Bonchev–Trinajstić information content (AvgIpc) is 2.80. The molecule has 0 N–H and O–H groups in total. The predicted octanol–water partition coefficient (Wildman–Crippen LogP) is 2.34. The van der Waals surface area contributed by atoms with Crippen molar-refractivity contribution >= 4 is 17.7 Å². The Balaban J connectivity index is 1.25. The van der Waals surface area contributed by atoms with Crippen molar-refractivity contribution in [2.24, 2.45) is 5.92 Å². The second-order valence-corrected chi connectivity index (χ2v) is 8.45. The zero-order chi connectivity index (χ0) is 21.6. The summed E-state index contributed by atoms with van der Waals surface area (Å²) in [5, 5.41) is 0. The lowest BCUT2D eigenvalue weighted by Gasteiger charge is -2.36. The first-order chi connectivity index (χ1) is 15.1. The van der Waals surface area contributed by atoms with Crippen molar-refractivity contribution in [3.8, 4) is 0 Å². The highest BCUT2D eigenvalue weighted by atomic mass is 16.2. The molecule has 2 aliphatic rings. The number of rotatable bonds is 6. The smallest absolute Gasteiger partial charge is 0.312 e. The molecule has 0 aliphatic carbocycles. The molecule has 4 rings (SSSR count). The van der Waals surface area contributed by atoms with Gasteiger partial charge in [-0.05, 0) is 36.3 Å². The minimum atomic E-state index is -0.575. The summed E-state index contributed by atoms with van der Waals surface area (Å²) in [6.45, 7) is 2.69. The van der Waals surface area contributed by atoms with Gasteiger partial charge in [-0.3, -0.25) is 14.4 Å². The maximum atomic E-state index is 12.8. The van der Waals surface area contributed by atoms with Gasteiger partial charge in [0.25, 0.3) is 0 Å². The summed E-state index contributed by atoms with van der Waals surface area (Å²) in [6, 6.07) is 20.1. The lowest BCUT2D eigenvalue weighted by Crippen LogP contribution is -2.56. The fourth-order valence-electron chi connectivity index (χ4n) is 4.42. The second-order valence-electron chi connectivity index (χ2n) is 8.45. The van der Waals surface area contributed by atoms with Crippen LogP contribution in [0.3, 0.4) is 0 Å². The molecule has 0 unspecified atom stereocenters. The van der Waals surface area contributed by atoms with E-state index in [-0.39, 0.29) is 12.5 Å². The Bertz CT molecular complexity index is 908. The maximum absolute atomic E-state index is 12.8. The third kappa shape index (κ3) is 5.32. The van der Waals surface area contributed by atoms with Gasteiger partial charge in [0.15, 0.2) is 0 Å². The number of hydrogen-bond acceptors (Lipinski definition) is 3. The standard InChI is InChI=1S/C25H29N3O3/c29-23(26-13-11-21(12-14-26)17-20-7-3-1-4-8-20)19-28-16-15-27(24(30)25(28)31)18-22-9-5-2-6-10-22/h1-10,21H,11-19H2. The Hall–Kier alpha value is -3.15. The van der Waals surface area contributed by atoms with Gasteiger partial charge in [0.1, 0.15) is 6.54 Å². The molecule has 3 amide bonds. The SMILES string of the molecule is O=C(CN1CCN(Cc2ccccc2)C(=O)C1=O)N1CCC(Cc2ccccc2)CC1. The third-order valence-electron chi connectivity index (χ3n) is 6.27. The van der Waals surface area contributed by atoms with Crippen LogP contribution in [0.2, 0.25) is 0 Å². The van der Waals surface area contributed by atoms with Gasteiger partial charge in [-0.25, -0.2) is 0 Å². The monoisotopic (exact) mass is 419 g/mol. The molecule has 31 heavy (non-hydrogen) atoms. The van der Waals surface area contributed by atoms with E-state index in [0.29, 0.717) is 38.6 Å². The summed E-state index contributed by atoms with van der Waals surface area (Å²) in [6.07, 6.45) is 2.98. The molecule has 6 heteroatoms. The van der Waals surface area contributed by atoms with Crippen LogP contribution in [0, 0.1) is 5.92 Å². The fraction of sp³-hybridized carbons (Fsp3) is 0.400. The predicted molar refractivity (Wildman–Crippen MR) is 118 cm³/mol. The zero-order valence-corrected chi connectivity index (χ0v) is 17.8. The number of amides is 3. The van der Waals surface area contributed by atoms with Crippen LogP contribution in [0.25, 0.3) is 0 Å². The van der Waals surface area contributed by atoms with Gasteiger partial charge >= 0.3 is 11.8 Å². The van der Waals surface area contributed by atoms with E-state index in [1.54, 1.807) is 4.90 Å². The van der Waals surface area contributed by atoms with E-state index in [4.69, 9.17) is 0 Å². The summed E-state index contributed by atoms with van der Waals surface area (Å²) in [5.41, 5.74) is 2.33. The second kappa shape index (κ2) is 9.77. The highest BCUT2D eigenvalue weighted by molar-refractivity contribution is 6.35. The van der Waals surface area contributed by atoms with Crippen LogP contribution in [0.1, 0.15) is 24.0 Å². The molecule has 0 aromatic heterocycles. The molecule has 0 atom stereocenters. The molecule has 2 saturated heterocycles. The lowest BCUT2D eigenvalue weighted by atomic mass is 9.90. The van der Waals surface area contributed by atoms with E-state index in [9.17, 15) is 14.4 Å². The Labute approximate surface area is 183 Å². The number of nitrogens with zero attached hydrogens (tertiary/aromatic N) is 3. The Morgan fingerprint density at radius 3 is 1.94 bits per heavy atom. The van der Waals surface area contributed by atoms with Crippen molar-refractivity contribution in [2.45, 2.75) is 25.8 Å². The minimum absolute atomic E-state index is 0.00684. The van der Waals surface area contributed by atoms with E-state index < -0.39 is 11.8 Å². The van der Waals surface area contributed by atoms with Gasteiger partial charge in [0.2, 0.25) is 5.91 Å². The molecule has 2 aromatic carbocycles. The van der Waals surface area contributed by atoms with E-state index >= 15 is 0 Å². The van der Waals surface area contributed by atoms with E-state index in [0.717, 1.165) is 24.8 Å². The Morgan fingerprint density at radius 1 is 0.742 bits per heavy atom. The normalized spacial score (nSPS) is 17.9. The van der Waals surface area contributed by atoms with Gasteiger partial charge in [0.05, 0.1) is 0 Å². The van der Waals surface area contributed by atoms with Gasteiger partial charge in [-0.15, -0.1) is 0 Å². The molecule has 0 bridgehead atoms. The number of carbonyl (C=O) groups is 3. The van der Waals surface area contributed by atoms with Gasteiger partial charge in [0, 0.05) is 32.7 Å². The van der Waals surface area contributed by atoms with Crippen LogP contribution in [-0.4, -0.2) is 65.1 Å². The summed E-state index contributed by atoms with van der Waals surface area (Å²) < 4.78 is 0. The molecule has 0 spiro atoms. The van der Waals surface area contributed by atoms with Gasteiger partial charge < -0.3 is 14.7 Å². The first kappa shape index (κ1) is 21.1. The first-order valence-electron chi connectivity index (χ1n) is 11.0. The Kier molecular flexibility index (Phi) is 6.65. The minimum Gasteiger partial charge on any atom is -0.341 e. The number of hydrogen-bond donors (Lipinski definition) is 0. The lowest BCUT2D eigenvalue weighted by molar-refractivity contribution is -0.158. The average molecular weight is 420 g/mol. The summed E-state index contributed by atoms with van der Waals surface area (Å²) in [7, 11) is 0. The molecule has 2 fully saturated rings. The molecule has 2 aliphatic heterocycles. The van der Waals surface area contributed by atoms with Crippen LogP contribution in [-0.2, 0) is 27.3 Å². The highest BCUT2D eigenvalue weighted by Crippen LogP contribution is 2.22. The van der Waals surface area contributed by atoms with Crippen LogP contribution in [0.4, 0.5) is 0 Å². The molecule has 0 radical (unpaired) electrons. The molecule has 0 saturated carbocycles. The van der Waals surface area contributed by atoms with E-state index in [1.807, 2.05) is 41.3 Å². The Morgan fingerprint density at radius 2 is 1.29 bits per heavy atom. The zero-order valence-electron chi connectivity index (χ0n) is 17.8. The molecule has 2 aromatic rings. The number of piperazine rings is 1. The van der Waals surface area contributed by atoms with Crippen molar-refractivity contribution in [1.29, 1.82) is 0 Å². The van der Waals surface area contributed by atoms with E-state index in [2.05, 4.69) is 24.3 Å². The highest BCUT2D eigenvalue weighted by Gasteiger charge is 2.34. The van der Waals surface area contributed by atoms with Gasteiger partial charge in [-0.2, -0.15) is 0 Å². The number of benzene rings is 2. The first-order valence-corrected chi connectivity index (χ1v) is 11.0. The number of carbonyl (C=O) groups excluding carboxylic acids is 3. The van der Waals surface area contributed by atoms with Crippen molar-refractivity contribution in [3.05, 3.63) is 71.8 Å². The summed E-state index contributed by atoms with van der Waals surface area (Å²) in [5.74, 6) is -0.578. The van der Waals surface area contributed by atoms with Crippen LogP contribution < -0.4 is 0 Å². The van der Waals surface area contributed by atoms with Gasteiger partial charge in [-0.1, -0.05) is 60.7 Å².